The molecule has 0 spiro atoms. The third-order valence-electron chi connectivity index (χ3n) is 2.93. The molecule has 1 fully saturated rings. The molecule has 0 radical (unpaired) electrons. The fourth-order valence-corrected chi connectivity index (χ4v) is 1.76. The third kappa shape index (κ3) is 4.28. The quantitative estimate of drug-likeness (QED) is 0.527. The molecular weight excluding hydrogens is 280 g/mol. The molecule has 0 saturated carbocycles. The minimum atomic E-state index is -0.978. The Morgan fingerprint density at radius 3 is 2.81 bits per heavy atom. The number of nitrogens with zero attached hydrogens (tertiary/aromatic N) is 3. The van der Waals surface area contributed by atoms with Crippen molar-refractivity contribution in [2.24, 2.45) is 0 Å². The lowest BCUT2D eigenvalue weighted by molar-refractivity contribution is -0.759. The van der Waals surface area contributed by atoms with Crippen molar-refractivity contribution in [1.82, 2.24) is 5.27 Å². The van der Waals surface area contributed by atoms with Gasteiger partial charge < -0.3 is 9.84 Å². The van der Waals surface area contributed by atoms with E-state index < -0.39 is 11.9 Å². The van der Waals surface area contributed by atoms with Gasteiger partial charge in [-0.2, -0.15) is 0 Å². The van der Waals surface area contributed by atoms with E-state index in [1.54, 1.807) is 0 Å². The van der Waals surface area contributed by atoms with E-state index in [2.05, 4.69) is 17.2 Å². The molecular formula is C12H17N4O5+. The fourth-order valence-electron chi connectivity index (χ4n) is 1.76. The molecule has 1 aromatic heterocycles. The molecule has 21 heavy (non-hydrogen) atoms. The van der Waals surface area contributed by atoms with Gasteiger partial charge >= 0.3 is 11.9 Å². The van der Waals surface area contributed by atoms with Crippen LogP contribution in [0.5, 0.6) is 0 Å². The second kappa shape index (κ2) is 6.84. The normalized spacial score (nSPS) is 14.8. The Bertz CT molecular complexity index is 536. The smallest absolute Gasteiger partial charge is 0.306 e. The number of nitrogens with one attached hydrogen (secondary N) is 1. The third-order valence-corrected chi connectivity index (χ3v) is 2.93. The summed E-state index contributed by atoms with van der Waals surface area (Å²) in [5.74, 6) is -1.29. The van der Waals surface area contributed by atoms with Crippen molar-refractivity contribution in [2.45, 2.75) is 12.8 Å². The Hall–Kier alpha value is -2.42. The van der Waals surface area contributed by atoms with Crippen molar-refractivity contribution in [2.75, 3.05) is 36.6 Å². The van der Waals surface area contributed by atoms with Gasteiger partial charge in [-0.1, -0.05) is 6.58 Å². The number of amides is 1. The molecule has 0 bridgehead atoms. The standard InChI is InChI=1S/C12H16N4O5/c1-9(2-3-11(17)18)12(19)13-10-8-16(14-21-10)15-4-6-20-7-5-15/h8H,1-7H2,(H-,13,14,17,18,19)/p+1. The van der Waals surface area contributed by atoms with E-state index >= 15 is 0 Å². The molecule has 2 heterocycles. The van der Waals surface area contributed by atoms with Crippen LogP contribution in [-0.4, -0.2) is 48.6 Å². The van der Waals surface area contributed by atoms with Crippen LogP contribution in [0.2, 0.25) is 0 Å². The van der Waals surface area contributed by atoms with Crippen molar-refractivity contribution in [3.05, 3.63) is 18.3 Å². The molecule has 0 aromatic carbocycles. The molecule has 1 saturated heterocycles. The summed E-state index contributed by atoms with van der Waals surface area (Å²) in [6.45, 7) is 6.11. The van der Waals surface area contributed by atoms with E-state index in [1.807, 2.05) is 5.01 Å². The van der Waals surface area contributed by atoms with E-state index in [0.29, 0.717) is 26.3 Å². The molecule has 1 aromatic rings. The van der Waals surface area contributed by atoms with Crippen LogP contribution < -0.4 is 15.1 Å². The average molecular weight is 297 g/mol. The average Bonchev–Trinajstić information content (AvgIpc) is 2.94. The van der Waals surface area contributed by atoms with Crippen LogP contribution in [0.3, 0.4) is 0 Å². The van der Waals surface area contributed by atoms with Crippen LogP contribution in [-0.2, 0) is 14.3 Å². The van der Waals surface area contributed by atoms with Gasteiger partial charge in [0.05, 0.1) is 31.1 Å². The molecule has 0 unspecified atom stereocenters. The number of carboxylic acids is 1. The summed E-state index contributed by atoms with van der Waals surface area (Å²) in [6, 6.07) is 0. The number of hydrogen-bond donors (Lipinski definition) is 2. The van der Waals surface area contributed by atoms with Gasteiger partial charge in [-0.15, -0.1) is 5.01 Å². The van der Waals surface area contributed by atoms with Gasteiger partial charge in [0.25, 0.3) is 12.1 Å². The van der Waals surface area contributed by atoms with Crippen molar-refractivity contribution in [3.63, 3.8) is 0 Å². The zero-order valence-electron chi connectivity index (χ0n) is 11.4. The summed E-state index contributed by atoms with van der Waals surface area (Å²) < 4.78 is 10.2. The number of ether oxygens (including phenoxy) is 1. The predicted octanol–water partition coefficient (Wildman–Crippen LogP) is -0.710. The van der Waals surface area contributed by atoms with Crippen molar-refractivity contribution < 1.29 is 28.7 Å². The minimum Gasteiger partial charge on any atom is -0.481 e. The summed E-state index contributed by atoms with van der Waals surface area (Å²) in [5.41, 5.74) is 0.173. The Labute approximate surface area is 120 Å². The van der Waals surface area contributed by atoms with Gasteiger partial charge in [-0.05, 0) is 6.42 Å². The maximum atomic E-state index is 11.8. The highest BCUT2D eigenvalue weighted by Crippen LogP contribution is 2.08. The van der Waals surface area contributed by atoms with Crippen molar-refractivity contribution in [3.8, 4) is 0 Å². The zero-order chi connectivity index (χ0) is 15.2. The first-order valence-electron chi connectivity index (χ1n) is 6.49. The van der Waals surface area contributed by atoms with Gasteiger partial charge in [0.15, 0.2) is 0 Å². The number of carboxylic acid groups (broad SMARTS) is 1. The van der Waals surface area contributed by atoms with Crippen LogP contribution in [0.4, 0.5) is 5.88 Å². The van der Waals surface area contributed by atoms with Gasteiger partial charge in [0.2, 0.25) is 5.27 Å². The number of rotatable bonds is 6. The number of morpholine rings is 1. The molecule has 114 valence electrons. The number of carbonyl (C=O) groups is 2. The Morgan fingerprint density at radius 2 is 2.14 bits per heavy atom. The monoisotopic (exact) mass is 297 g/mol. The van der Waals surface area contributed by atoms with Gasteiger partial charge in [-0.3, -0.25) is 19.4 Å². The number of aromatic nitrogens is 2. The van der Waals surface area contributed by atoms with Crippen LogP contribution in [0.1, 0.15) is 12.8 Å². The van der Waals surface area contributed by atoms with E-state index in [1.165, 1.54) is 11.0 Å². The van der Waals surface area contributed by atoms with Crippen molar-refractivity contribution >= 4 is 17.8 Å². The van der Waals surface area contributed by atoms with E-state index in [9.17, 15) is 9.59 Å². The maximum absolute atomic E-state index is 11.8. The highest BCUT2D eigenvalue weighted by Gasteiger charge is 2.24. The number of anilines is 1. The topological polar surface area (TPSA) is 109 Å². The first kappa shape index (κ1) is 15.0. The largest absolute Gasteiger partial charge is 0.481 e. The van der Waals surface area contributed by atoms with E-state index in [-0.39, 0.29) is 24.3 Å². The highest BCUT2D eigenvalue weighted by molar-refractivity contribution is 6.02. The fraction of sp³-hybridized carbons (Fsp3) is 0.500. The van der Waals surface area contributed by atoms with E-state index in [0.717, 1.165) is 0 Å². The van der Waals surface area contributed by atoms with Crippen LogP contribution >= 0.6 is 0 Å². The Balaban J connectivity index is 1.88. The first-order valence-corrected chi connectivity index (χ1v) is 6.49. The lowest BCUT2D eigenvalue weighted by Gasteiger charge is -2.18. The van der Waals surface area contributed by atoms with E-state index in [4.69, 9.17) is 14.4 Å². The first-order chi connectivity index (χ1) is 10.1. The summed E-state index contributed by atoms with van der Waals surface area (Å²) in [6.07, 6.45) is 1.48. The zero-order valence-corrected chi connectivity index (χ0v) is 11.4. The van der Waals surface area contributed by atoms with Crippen molar-refractivity contribution in [1.29, 1.82) is 0 Å². The molecule has 1 aliphatic rings. The van der Waals surface area contributed by atoms with Gasteiger partial charge in [0, 0.05) is 12.0 Å². The summed E-state index contributed by atoms with van der Waals surface area (Å²) in [7, 11) is 0. The summed E-state index contributed by atoms with van der Waals surface area (Å²) in [5, 5.41) is 16.8. The highest BCUT2D eigenvalue weighted by atomic mass is 16.5. The summed E-state index contributed by atoms with van der Waals surface area (Å²) in [4.78, 5) is 23.7. The van der Waals surface area contributed by atoms with Crippen LogP contribution in [0, 0.1) is 0 Å². The number of aliphatic carboxylic acids is 1. The maximum Gasteiger partial charge on any atom is 0.306 e. The van der Waals surface area contributed by atoms with Gasteiger partial charge in [-0.25, -0.2) is 0 Å². The minimum absolute atomic E-state index is 0.0821. The second-order valence-corrected chi connectivity index (χ2v) is 4.50. The molecule has 2 N–H and O–H groups in total. The molecule has 2 rings (SSSR count). The molecule has 1 aliphatic heterocycles. The lowest BCUT2D eigenvalue weighted by Crippen LogP contribution is -2.62. The molecule has 9 heteroatoms. The molecule has 0 aliphatic carbocycles. The van der Waals surface area contributed by atoms with Crippen LogP contribution in [0.25, 0.3) is 0 Å². The van der Waals surface area contributed by atoms with Crippen LogP contribution in [0.15, 0.2) is 22.9 Å². The lowest BCUT2D eigenvalue weighted by atomic mass is 10.1. The molecule has 9 nitrogen and oxygen atoms in total. The van der Waals surface area contributed by atoms with Gasteiger partial charge in [0.1, 0.15) is 0 Å². The second-order valence-electron chi connectivity index (χ2n) is 4.50. The summed E-state index contributed by atoms with van der Waals surface area (Å²) >= 11 is 0. The molecule has 1 amide bonds. The number of hydrogen-bond acceptors (Lipinski definition) is 6. The SMILES string of the molecule is C=C(CCC(=O)O)C(=O)Nc1c[n+](N2CCOCC2)no1. The predicted molar refractivity (Wildman–Crippen MR) is 70.1 cm³/mol. The number of carbonyl (C=O) groups excluding carboxylic acids is 1. The Morgan fingerprint density at radius 1 is 1.43 bits per heavy atom. The Kier molecular flexibility index (Phi) is 4.88. The molecule has 0 atom stereocenters.